The van der Waals surface area contributed by atoms with Gasteiger partial charge in [0.25, 0.3) is 5.91 Å². The van der Waals surface area contributed by atoms with Crippen molar-refractivity contribution in [1.82, 2.24) is 10.6 Å². The molecule has 0 saturated heterocycles. The highest BCUT2D eigenvalue weighted by Gasteiger charge is 2.22. The Labute approximate surface area is 70.7 Å². The second-order valence-corrected chi connectivity index (χ2v) is 2.67. The molecule has 2 amide bonds. The standard InChI is InChI=1S/C8H10N2O2/c1-2-7(11)9-5-8(12)10-6-3-4-6/h1,6H,3-5H2,(H,9,11)(H,10,12). The van der Waals surface area contributed by atoms with Gasteiger partial charge in [0.1, 0.15) is 0 Å². The number of nitrogens with one attached hydrogen (secondary N) is 2. The summed E-state index contributed by atoms with van der Waals surface area (Å²) in [5, 5.41) is 4.99. The molecule has 0 aromatic heterocycles. The fraction of sp³-hybridized carbons (Fsp3) is 0.500. The van der Waals surface area contributed by atoms with E-state index in [1.54, 1.807) is 0 Å². The van der Waals surface area contributed by atoms with Crippen LogP contribution in [-0.2, 0) is 9.59 Å². The van der Waals surface area contributed by atoms with Gasteiger partial charge >= 0.3 is 0 Å². The van der Waals surface area contributed by atoms with Gasteiger partial charge in [0.2, 0.25) is 5.91 Å². The van der Waals surface area contributed by atoms with Gasteiger partial charge in [-0.25, -0.2) is 0 Å². The summed E-state index contributed by atoms with van der Waals surface area (Å²) in [6.45, 7) is -0.0282. The van der Waals surface area contributed by atoms with Crippen LogP contribution in [0.3, 0.4) is 0 Å². The van der Waals surface area contributed by atoms with E-state index in [0.717, 1.165) is 12.8 Å². The predicted octanol–water partition coefficient (Wildman–Crippen LogP) is -0.986. The number of hydrogen-bond donors (Lipinski definition) is 2. The zero-order chi connectivity index (χ0) is 8.97. The van der Waals surface area contributed by atoms with Crippen LogP contribution in [-0.4, -0.2) is 24.4 Å². The molecule has 1 rings (SSSR count). The van der Waals surface area contributed by atoms with Crippen LogP contribution in [0.2, 0.25) is 0 Å². The molecule has 0 heterocycles. The molecule has 4 heteroatoms. The van der Waals surface area contributed by atoms with Crippen LogP contribution in [0.1, 0.15) is 12.8 Å². The first-order chi connectivity index (χ1) is 5.72. The molecule has 0 radical (unpaired) electrons. The summed E-state index contributed by atoms with van der Waals surface area (Å²) in [5.41, 5.74) is 0. The molecule has 0 spiro atoms. The fourth-order valence-electron chi connectivity index (χ4n) is 0.718. The van der Waals surface area contributed by atoms with E-state index in [2.05, 4.69) is 10.6 Å². The zero-order valence-corrected chi connectivity index (χ0v) is 6.59. The van der Waals surface area contributed by atoms with Gasteiger partial charge in [-0.05, 0) is 18.8 Å². The molecule has 64 valence electrons. The summed E-state index contributed by atoms with van der Waals surface area (Å²) in [6.07, 6.45) is 6.85. The first-order valence-corrected chi connectivity index (χ1v) is 3.76. The number of amides is 2. The largest absolute Gasteiger partial charge is 0.352 e. The van der Waals surface area contributed by atoms with Gasteiger partial charge in [-0.3, -0.25) is 9.59 Å². The van der Waals surface area contributed by atoms with E-state index in [-0.39, 0.29) is 12.5 Å². The Hall–Kier alpha value is -1.50. The van der Waals surface area contributed by atoms with Gasteiger partial charge < -0.3 is 10.6 Å². The SMILES string of the molecule is C#CC(=O)NCC(=O)NC1CC1. The monoisotopic (exact) mass is 166 g/mol. The smallest absolute Gasteiger partial charge is 0.296 e. The summed E-state index contributed by atoms with van der Waals surface area (Å²) in [7, 11) is 0. The minimum Gasteiger partial charge on any atom is -0.352 e. The first-order valence-electron chi connectivity index (χ1n) is 3.76. The van der Waals surface area contributed by atoms with Crippen molar-refractivity contribution in [2.75, 3.05) is 6.54 Å². The molecule has 0 bridgehead atoms. The Kier molecular flexibility index (Phi) is 2.70. The van der Waals surface area contributed by atoms with Gasteiger partial charge in [-0.2, -0.15) is 0 Å². The molecule has 0 aromatic rings. The predicted molar refractivity (Wildman–Crippen MR) is 43.0 cm³/mol. The van der Waals surface area contributed by atoms with Crippen LogP contribution in [0.4, 0.5) is 0 Å². The molecular weight excluding hydrogens is 156 g/mol. The van der Waals surface area contributed by atoms with Crippen LogP contribution in [0.15, 0.2) is 0 Å². The number of terminal acetylenes is 1. The number of hydrogen-bond acceptors (Lipinski definition) is 2. The average molecular weight is 166 g/mol. The minimum absolute atomic E-state index is 0.0282. The van der Waals surface area contributed by atoms with E-state index >= 15 is 0 Å². The molecule has 1 aliphatic carbocycles. The topological polar surface area (TPSA) is 58.2 Å². The van der Waals surface area contributed by atoms with Crippen molar-refractivity contribution in [1.29, 1.82) is 0 Å². The van der Waals surface area contributed by atoms with Crippen LogP contribution in [0.5, 0.6) is 0 Å². The van der Waals surface area contributed by atoms with Crippen LogP contribution < -0.4 is 10.6 Å². The molecule has 1 fully saturated rings. The quantitative estimate of drug-likeness (QED) is 0.529. The maximum atomic E-state index is 10.9. The van der Waals surface area contributed by atoms with Gasteiger partial charge in [-0.15, -0.1) is 6.42 Å². The fourth-order valence-corrected chi connectivity index (χ4v) is 0.718. The van der Waals surface area contributed by atoms with E-state index in [1.165, 1.54) is 0 Å². The van der Waals surface area contributed by atoms with E-state index in [1.807, 2.05) is 5.92 Å². The number of carbonyl (C=O) groups excluding carboxylic acids is 2. The van der Waals surface area contributed by atoms with E-state index in [9.17, 15) is 9.59 Å². The lowest BCUT2D eigenvalue weighted by molar-refractivity contribution is -0.123. The van der Waals surface area contributed by atoms with Crippen molar-refractivity contribution in [2.45, 2.75) is 18.9 Å². The second-order valence-electron chi connectivity index (χ2n) is 2.67. The molecule has 0 aromatic carbocycles. The third-order valence-corrected chi connectivity index (χ3v) is 1.48. The third-order valence-electron chi connectivity index (χ3n) is 1.48. The number of rotatable bonds is 3. The highest BCUT2D eigenvalue weighted by Crippen LogP contribution is 2.17. The maximum Gasteiger partial charge on any atom is 0.296 e. The zero-order valence-electron chi connectivity index (χ0n) is 6.59. The van der Waals surface area contributed by atoms with Gasteiger partial charge in [0.05, 0.1) is 6.54 Å². The molecule has 0 atom stereocenters. The molecule has 4 nitrogen and oxygen atoms in total. The molecule has 0 unspecified atom stereocenters. The Morgan fingerprint density at radius 2 is 2.17 bits per heavy atom. The second kappa shape index (κ2) is 3.77. The van der Waals surface area contributed by atoms with Crippen molar-refractivity contribution in [3.63, 3.8) is 0 Å². The molecule has 1 aliphatic rings. The van der Waals surface area contributed by atoms with Crippen molar-refractivity contribution >= 4 is 11.8 Å². The normalized spacial score (nSPS) is 14.6. The van der Waals surface area contributed by atoms with Gasteiger partial charge in [0.15, 0.2) is 0 Å². The van der Waals surface area contributed by atoms with Gasteiger partial charge in [-0.1, -0.05) is 0 Å². The summed E-state index contributed by atoms with van der Waals surface area (Å²) in [4.78, 5) is 21.4. The van der Waals surface area contributed by atoms with Crippen molar-refractivity contribution in [3.8, 4) is 12.3 Å². The average Bonchev–Trinajstić information content (AvgIpc) is 2.84. The van der Waals surface area contributed by atoms with Crippen LogP contribution in [0.25, 0.3) is 0 Å². The van der Waals surface area contributed by atoms with E-state index < -0.39 is 5.91 Å². The molecular formula is C8H10N2O2. The Morgan fingerprint density at radius 3 is 2.67 bits per heavy atom. The van der Waals surface area contributed by atoms with Crippen molar-refractivity contribution in [3.05, 3.63) is 0 Å². The summed E-state index contributed by atoms with van der Waals surface area (Å²) in [6, 6.07) is 0.320. The van der Waals surface area contributed by atoms with E-state index in [0.29, 0.717) is 6.04 Å². The van der Waals surface area contributed by atoms with Crippen molar-refractivity contribution < 1.29 is 9.59 Å². The molecule has 1 saturated carbocycles. The minimum atomic E-state index is -0.555. The maximum absolute atomic E-state index is 10.9. The Morgan fingerprint density at radius 1 is 1.50 bits per heavy atom. The number of carbonyl (C=O) groups is 2. The van der Waals surface area contributed by atoms with Crippen molar-refractivity contribution in [2.24, 2.45) is 0 Å². The van der Waals surface area contributed by atoms with E-state index in [4.69, 9.17) is 6.42 Å². The van der Waals surface area contributed by atoms with Crippen LogP contribution >= 0.6 is 0 Å². The third kappa shape index (κ3) is 3.06. The summed E-state index contributed by atoms with van der Waals surface area (Å²) in [5.74, 6) is 1.13. The molecule has 2 N–H and O–H groups in total. The molecule has 0 aliphatic heterocycles. The lowest BCUT2D eigenvalue weighted by Gasteiger charge is -2.01. The Balaban J connectivity index is 2.09. The summed E-state index contributed by atoms with van der Waals surface area (Å²) >= 11 is 0. The van der Waals surface area contributed by atoms with Crippen LogP contribution in [0, 0.1) is 12.3 Å². The highest BCUT2D eigenvalue weighted by molar-refractivity contribution is 5.95. The van der Waals surface area contributed by atoms with Gasteiger partial charge in [0, 0.05) is 6.04 Å². The highest BCUT2D eigenvalue weighted by atomic mass is 16.2. The lowest BCUT2D eigenvalue weighted by Crippen LogP contribution is -2.37. The summed E-state index contributed by atoms with van der Waals surface area (Å²) < 4.78 is 0. The first kappa shape index (κ1) is 8.60. The molecule has 12 heavy (non-hydrogen) atoms. The lowest BCUT2D eigenvalue weighted by atomic mass is 10.5. The Bertz CT molecular complexity index is 238.